The van der Waals surface area contributed by atoms with Crippen molar-refractivity contribution in [1.29, 1.82) is 5.41 Å². The van der Waals surface area contributed by atoms with E-state index in [1.165, 1.54) is 12.5 Å². The Hall–Kier alpha value is -3.03. The van der Waals surface area contributed by atoms with E-state index in [1.54, 1.807) is 4.57 Å². The summed E-state index contributed by atoms with van der Waals surface area (Å²) in [6, 6.07) is -1.15. The molecule has 1 amide bonds. The van der Waals surface area contributed by atoms with Crippen LogP contribution in [0.5, 0.6) is 0 Å². The number of fused-ring (bicyclic) bond motifs is 6. The number of phosphoric acid groups is 2. The quantitative estimate of drug-likeness (QED) is 0.232. The minimum absolute atomic E-state index is 0.0725. The number of aromatic nitrogens is 4. The predicted molar refractivity (Wildman–Crippen MR) is 133 cm³/mol. The standard InChI is InChI=1S/C19H23N9O11P2/c20-19-25-16-12(17(30)26-19)23-8-28(16)18-14-13(29)10(38-18)5-36-40(31,32)35-3-1-2-27-11(6-37-41(33,34)39-14)24-9-4-21-7-22-15(9)27/h4,7-8,10,12-14,18,29H,1-3,5-6H2,(H,31,32)(H,33,34)(H2,20,26,30)/t10-,12?,13-,14-,18-/m1/s1. The Labute approximate surface area is 229 Å². The molecule has 4 aliphatic heterocycles. The summed E-state index contributed by atoms with van der Waals surface area (Å²) in [5.41, 5.74) is 0.744. The molecule has 0 aromatic carbocycles. The Morgan fingerprint density at radius 1 is 1.17 bits per heavy atom. The number of aliphatic imine (C=N–C) groups is 2. The van der Waals surface area contributed by atoms with Crippen LogP contribution < -0.4 is 5.32 Å². The molecule has 6 rings (SSSR count). The first-order valence-corrected chi connectivity index (χ1v) is 15.1. The van der Waals surface area contributed by atoms with Crippen molar-refractivity contribution >= 4 is 50.9 Å². The number of phosphoric ester groups is 2. The Bertz CT molecular complexity index is 1550. The molecule has 3 unspecified atom stereocenters. The van der Waals surface area contributed by atoms with Crippen molar-refractivity contribution in [3.63, 3.8) is 0 Å². The Morgan fingerprint density at radius 2 is 2.00 bits per heavy atom. The van der Waals surface area contributed by atoms with Gasteiger partial charge in [0.25, 0.3) is 5.91 Å². The Balaban J connectivity index is 1.32. The molecule has 4 aliphatic rings. The highest BCUT2D eigenvalue weighted by Crippen LogP contribution is 2.49. The molecule has 0 spiro atoms. The molecule has 2 bridgehead atoms. The normalized spacial score (nSPS) is 36.6. The van der Waals surface area contributed by atoms with Crippen LogP contribution in [0.15, 0.2) is 22.5 Å². The average molecular weight is 615 g/mol. The number of hydrogen-bond acceptors (Lipinski definition) is 15. The molecule has 20 nitrogen and oxygen atoms in total. The van der Waals surface area contributed by atoms with Crippen molar-refractivity contribution < 1.29 is 51.6 Å². The number of aryl methyl sites for hydroxylation is 1. The van der Waals surface area contributed by atoms with Crippen LogP contribution in [-0.4, -0.2) is 107 Å². The fraction of sp³-hybridized carbons (Fsp3) is 0.526. The molecule has 7 atom stereocenters. The summed E-state index contributed by atoms with van der Waals surface area (Å²) < 4.78 is 53.7. The molecule has 5 N–H and O–H groups in total. The fourth-order valence-corrected chi connectivity index (χ4v) is 6.27. The average Bonchev–Trinajstić information content (AvgIpc) is 3.58. The molecule has 2 aromatic rings. The van der Waals surface area contributed by atoms with Gasteiger partial charge in [0.2, 0.25) is 5.96 Å². The number of carbonyl (C=O) groups excluding carboxylic acids is 1. The van der Waals surface area contributed by atoms with E-state index in [9.17, 15) is 28.8 Å². The van der Waals surface area contributed by atoms with Crippen molar-refractivity contribution in [1.82, 2.24) is 29.7 Å². The van der Waals surface area contributed by atoms with Gasteiger partial charge in [0.15, 0.2) is 23.8 Å². The van der Waals surface area contributed by atoms with Crippen LogP contribution in [0, 0.1) is 5.41 Å². The number of aliphatic hydroxyl groups excluding tert-OH is 1. The van der Waals surface area contributed by atoms with E-state index in [4.69, 9.17) is 28.2 Å². The van der Waals surface area contributed by atoms with Gasteiger partial charge in [-0.25, -0.2) is 24.1 Å². The number of ether oxygens (including phenoxy) is 1. The largest absolute Gasteiger partial charge is 0.473 e. The first-order valence-electron chi connectivity index (χ1n) is 12.1. The fourth-order valence-electron chi connectivity index (χ4n) is 4.63. The predicted octanol–water partition coefficient (Wildman–Crippen LogP) is -1.37. The van der Waals surface area contributed by atoms with Crippen LogP contribution in [0.3, 0.4) is 0 Å². The summed E-state index contributed by atoms with van der Waals surface area (Å²) in [6.07, 6.45) is -2.18. The highest BCUT2D eigenvalue weighted by Gasteiger charge is 2.54. The first-order chi connectivity index (χ1) is 19.5. The number of amidine groups is 1. The van der Waals surface area contributed by atoms with Crippen LogP contribution >= 0.6 is 15.6 Å². The zero-order valence-corrected chi connectivity index (χ0v) is 22.6. The third-order valence-electron chi connectivity index (χ3n) is 6.44. The zero-order valence-electron chi connectivity index (χ0n) is 20.8. The monoisotopic (exact) mass is 615 g/mol. The molecular formula is C19H23N9O11P2. The molecule has 0 saturated carbocycles. The number of imidazole rings is 1. The van der Waals surface area contributed by atoms with Crippen LogP contribution in [0.4, 0.5) is 0 Å². The van der Waals surface area contributed by atoms with Gasteiger partial charge in [-0.3, -0.25) is 43.5 Å². The lowest BCUT2D eigenvalue weighted by atomic mass is 10.1. The molecule has 0 aliphatic carbocycles. The van der Waals surface area contributed by atoms with Gasteiger partial charge in [-0.15, -0.1) is 0 Å². The van der Waals surface area contributed by atoms with Gasteiger partial charge in [0.1, 0.15) is 42.6 Å². The van der Waals surface area contributed by atoms with Crippen LogP contribution in [0.25, 0.3) is 11.2 Å². The van der Waals surface area contributed by atoms with Crippen molar-refractivity contribution in [3.8, 4) is 0 Å². The molecule has 2 aromatic heterocycles. The topological polar surface area (TPSA) is 265 Å². The van der Waals surface area contributed by atoms with Gasteiger partial charge in [0, 0.05) is 6.54 Å². The number of carbonyl (C=O) groups is 1. The van der Waals surface area contributed by atoms with Gasteiger partial charge in [-0.2, -0.15) is 4.99 Å². The maximum absolute atomic E-state index is 13.1. The summed E-state index contributed by atoms with van der Waals surface area (Å²) in [4.78, 5) is 54.6. The SMILES string of the molecule is N=C1N=C2C(N=CN2[C@@H]2O[C@@H]3COP(=O)(O)OCCCn4c(nc5cncnc54)COP(=O)(O)O[C@@H]2[C@@H]3O)C(=O)N1. The van der Waals surface area contributed by atoms with E-state index >= 15 is 0 Å². The zero-order chi connectivity index (χ0) is 28.9. The summed E-state index contributed by atoms with van der Waals surface area (Å²) in [5.74, 6) is -1.04. The van der Waals surface area contributed by atoms with Gasteiger partial charge in [-0.05, 0) is 6.42 Å². The number of aliphatic hydroxyl groups is 1. The third kappa shape index (κ3) is 5.59. The van der Waals surface area contributed by atoms with Crippen LogP contribution in [0.1, 0.15) is 12.2 Å². The number of hydrogen-bond donors (Lipinski definition) is 5. The van der Waals surface area contributed by atoms with E-state index in [0.29, 0.717) is 11.2 Å². The van der Waals surface area contributed by atoms with Gasteiger partial charge >= 0.3 is 15.6 Å². The molecule has 0 radical (unpaired) electrons. The van der Waals surface area contributed by atoms with Crippen molar-refractivity contribution in [2.75, 3.05) is 13.2 Å². The van der Waals surface area contributed by atoms with E-state index in [1.807, 2.05) is 0 Å². The molecule has 1 fully saturated rings. The third-order valence-corrected chi connectivity index (χ3v) is 8.39. The lowest BCUT2D eigenvalue weighted by molar-refractivity contribution is -0.119. The number of nitrogens with one attached hydrogen (secondary N) is 2. The Morgan fingerprint density at radius 3 is 2.83 bits per heavy atom. The number of nitrogens with zero attached hydrogens (tertiary/aromatic N) is 7. The molecule has 6 heterocycles. The number of guanidine groups is 1. The summed E-state index contributed by atoms with van der Waals surface area (Å²) in [6.45, 7) is -1.26. The number of amides is 1. The summed E-state index contributed by atoms with van der Waals surface area (Å²) in [5, 5.41) is 21.0. The molecule has 220 valence electrons. The van der Waals surface area contributed by atoms with Crippen molar-refractivity contribution in [3.05, 3.63) is 18.3 Å². The summed E-state index contributed by atoms with van der Waals surface area (Å²) >= 11 is 0. The molecule has 41 heavy (non-hydrogen) atoms. The summed E-state index contributed by atoms with van der Waals surface area (Å²) in [7, 11) is -9.59. The second-order valence-electron chi connectivity index (χ2n) is 9.11. The Kier molecular flexibility index (Phi) is 7.31. The van der Waals surface area contributed by atoms with Gasteiger partial charge in [-0.1, -0.05) is 0 Å². The van der Waals surface area contributed by atoms with E-state index in [0.717, 1.165) is 11.2 Å². The molecule has 22 heteroatoms. The first kappa shape index (κ1) is 28.1. The van der Waals surface area contributed by atoms with E-state index < -0.39 is 71.3 Å². The lowest BCUT2D eigenvalue weighted by Gasteiger charge is -2.30. The van der Waals surface area contributed by atoms with Gasteiger partial charge in [0.05, 0.1) is 25.7 Å². The van der Waals surface area contributed by atoms with E-state index in [-0.39, 0.29) is 31.2 Å². The van der Waals surface area contributed by atoms with Gasteiger partial charge < -0.3 is 24.2 Å². The highest BCUT2D eigenvalue weighted by atomic mass is 31.2. The highest BCUT2D eigenvalue weighted by molar-refractivity contribution is 7.47. The maximum atomic E-state index is 13.1. The van der Waals surface area contributed by atoms with Crippen molar-refractivity contribution in [2.24, 2.45) is 9.98 Å². The lowest BCUT2D eigenvalue weighted by Crippen LogP contribution is -2.53. The minimum atomic E-state index is -4.96. The number of rotatable bonds is 1. The minimum Gasteiger partial charge on any atom is -0.387 e. The van der Waals surface area contributed by atoms with Crippen molar-refractivity contribution in [2.45, 2.75) is 50.2 Å². The molecular weight excluding hydrogens is 592 g/mol. The van der Waals surface area contributed by atoms with E-state index in [2.05, 4.69) is 30.3 Å². The maximum Gasteiger partial charge on any atom is 0.473 e. The smallest absolute Gasteiger partial charge is 0.387 e. The van der Waals surface area contributed by atoms with Crippen LogP contribution in [-0.2, 0) is 49.9 Å². The second-order valence-corrected chi connectivity index (χ2v) is 12.0. The van der Waals surface area contributed by atoms with Crippen LogP contribution in [0.2, 0.25) is 0 Å². The molecule has 1 saturated heterocycles. The second kappa shape index (κ2) is 10.7.